The molecule has 2 heteroatoms. The van der Waals surface area contributed by atoms with Crippen molar-refractivity contribution in [2.45, 2.75) is 0 Å². The van der Waals surface area contributed by atoms with E-state index < -0.39 is 0 Å². The average Bonchev–Trinajstić information content (AvgIpc) is 3.55. The maximum Gasteiger partial charge on any atom is 0.0645 e. The van der Waals surface area contributed by atoms with Gasteiger partial charge in [-0.25, -0.2) is 0 Å². The number of rotatable bonds is 6. The van der Waals surface area contributed by atoms with Crippen LogP contribution in [0, 0.1) is 0 Å². The molecule has 7 aromatic carbocycles. The van der Waals surface area contributed by atoms with E-state index in [9.17, 15) is 5.48 Å². The predicted octanol–water partition coefficient (Wildman–Crippen LogP) is 12.5. The van der Waals surface area contributed by atoms with Crippen LogP contribution in [-0.2, 0) is 0 Å². The normalized spacial score (nSPS) is 13.7. The van der Waals surface area contributed by atoms with Gasteiger partial charge in [0, 0.05) is 37.2 Å². The summed E-state index contributed by atoms with van der Waals surface area (Å²) in [5.74, 6) is 0. The molecule has 0 radical (unpaired) electrons. The number of hydrogen-bond acceptors (Lipinski definition) is 2. The van der Waals surface area contributed by atoms with Crippen LogP contribution in [0.3, 0.4) is 0 Å². The maximum absolute atomic E-state index is 9.23. The van der Waals surface area contributed by atoms with E-state index in [1.165, 1.54) is 20.4 Å². The summed E-state index contributed by atoms with van der Waals surface area (Å²) in [7, 11) is 0. The first-order chi connectivity index (χ1) is 25.2. The van der Waals surface area contributed by atoms with Gasteiger partial charge in [0.25, 0.3) is 0 Å². The van der Waals surface area contributed by atoms with Gasteiger partial charge in [-0.1, -0.05) is 127 Å². The third kappa shape index (κ3) is 4.96. The van der Waals surface area contributed by atoms with Crippen molar-refractivity contribution in [1.82, 2.24) is 0 Å². The van der Waals surface area contributed by atoms with Gasteiger partial charge in [-0.05, 0) is 81.8 Å². The third-order valence-electron chi connectivity index (χ3n) is 7.63. The van der Waals surface area contributed by atoms with E-state index in [4.69, 9.17) is 5.48 Å². The molecule has 0 N–H and O–H groups in total. The lowest BCUT2D eigenvalue weighted by Crippen LogP contribution is -2.09. The topological polar surface area (TPSA) is 3.24 Å². The number of nitrogens with zero attached hydrogens (tertiary/aromatic N) is 1. The molecular weight excluding hydrogens is 551 g/mol. The Hall–Kier alpha value is -5.44. The summed E-state index contributed by atoms with van der Waals surface area (Å²) in [5.41, 5.74) is 3.17. The maximum atomic E-state index is 9.23. The van der Waals surface area contributed by atoms with Gasteiger partial charge in [0.05, 0.1) is 11.0 Å². The van der Waals surface area contributed by atoms with Crippen LogP contribution >= 0.6 is 11.3 Å². The summed E-state index contributed by atoms with van der Waals surface area (Å²) < 4.78 is 75.4. The highest BCUT2D eigenvalue weighted by Crippen LogP contribution is 2.39. The number of hydrogen-bond donors (Lipinski definition) is 0. The minimum absolute atomic E-state index is 0.130. The van der Waals surface area contributed by atoms with Crippen molar-refractivity contribution in [3.63, 3.8) is 0 Å². The van der Waals surface area contributed by atoms with Gasteiger partial charge in [0.15, 0.2) is 0 Å². The van der Waals surface area contributed by atoms with Crippen molar-refractivity contribution in [1.29, 1.82) is 0 Å². The van der Waals surface area contributed by atoms with Gasteiger partial charge < -0.3 is 4.90 Å². The number of fused-ring (bicyclic) bond motifs is 3. The van der Waals surface area contributed by atoms with Crippen LogP contribution in [0.1, 0.15) is 11.0 Å². The summed E-state index contributed by atoms with van der Waals surface area (Å²) in [4.78, 5) is 1.34. The van der Waals surface area contributed by atoms with E-state index in [2.05, 4.69) is 30.3 Å². The predicted molar refractivity (Wildman–Crippen MR) is 190 cm³/mol. The second-order valence-electron chi connectivity index (χ2n) is 10.4. The lowest BCUT2D eigenvalue weighted by atomic mass is 10.0. The van der Waals surface area contributed by atoms with Crippen molar-refractivity contribution in [2.75, 3.05) is 4.90 Å². The molecule has 1 heterocycles. The van der Waals surface area contributed by atoms with Crippen LogP contribution in [0.5, 0.6) is 0 Å². The van der Waals surface area contributed by atoms with E-state index >= 15 is 0 Å². The summed E-state index contributed by atoms with van der Waals surface area (Å²) in [5, 5.41) is 2.38. The van der Waals surface area contributed by atoms with Crippen LogP contribution in [0.15, 0.2) is 176 Å². The zero-order valence-corrected chi connectivity index (χ0v) is 24.3. The van der Waals surface area contributed by atoms with E-state index in [-0.39, 0.29) is 70.8 Å². The summed E-state index contributed by atoms with van der Waals surface area (Å²) in [6.07, 6.45) is 0. The highest BCUT2D eigenvalue weighted by atomic mass is 32.1. The highest BCUT2D eigenvalue weighted by molar-refractivity contribution is 7.25. The third-order valence-corrected chi connectivity index (χ3v) is 8.77. The molecule has 0 aliphatic heterocycles. The first-order valence-corrected chi connectivity index (χ1v) is 15.1. The summed E-state index contributed by atoms with van der Waals surface area (Å²) >= 11 is 1.72. The van der Waals surface area contributed by atoms with Gasteiger partial charge in [-0.2, -0.15) is 0 Å². The molecule has 0 aliphatic rings. The fourth-order valence-electron chi connectivity index (χ4n) is 5.41. The Morgan fingerprint density at radius 1 is 0.364 bits per heavy atom. The number of thiophene rings is 1. The molecule has 0 spiro atoms. The van der Waals surface area contributed by atoms with Crippen LogP contribution in [0.25, 0.3) is 53.6 Å². The molecule has 1 nitrogen and oxygen atoms in total. The molecule has 0 saturated heterocycles. The monoisotopic (exact) mass is 587 g/mol. The molecule has 0 aliphatic carbocycles. The molecule has 0 bridgehead atoms. The molecular formula is C42H29NS. The molecule has 8 rings (SSSR count). The minimum Gasteiger partial charge on any atom is -0.311 e. The van der Waals surface area contributed by atoms with Crippen molar-refractivity contribution in [3.05, 3.63) is 176 Å². The number of anilines is 3. The Labute approximate surface area is 273 Å². The van der Waals surface area contributed by atoms with Crippen LogP contribution in [0.2, 0.25) is 0 Å². The Morgan fingerprint density at radius 3 is 1.43 bits per heavy atom. The molecule has 8 aromatic rings. The van der Waals surface area contributed by atoms with Crippen LogP contribution in [0.4, 0.5) is 17.1 Å². The Morgan fingerprint density at radius 2 is 0.841 bits per heavy atom. The molecule has 208 valence electrons. The minimum atomic E-state index is -0.372. The average molecular weight is 588 g/mol. The van der Waals surface area contributed by atoms with Gasteiger partial charge >= 0.3 is 0 Å². The Kier molecular flexibility index (Phi) is 4.88. The molecule has 1 aromatic heterocycles. The second kappa shape index (κ2) is 11.3. The van der Waals surface area contributed by atoms with Gasteiger partial charge in [-0.15, -0.1) is 11.3 Å². The summed E-state index contributed by atoms with van der Waals surface area (Å²) in [6.45, 7) is 0. The molecule has 0 amide bonds. The van der Waals surface area contributed by atoms with Gasteiger partial charge in [-0.3, -0.25) is 0 Å². The molecule has 0 saturated carbocycles. The molecule has 44 heavy (non-hydrogen) atoms. The molecule has 0 unspecified atom stereocenters. The highest BCUT2D eigenvalue weighted by Gasteiger charge is 2.14. The van der Waals surface area contributed by atoms with E-state index in [1.54, 1.807) is 72.0 Å². The first kappa shape index (κ1) is 19.0. The van der Waals surface area contributed by atoms with E-state index in [1.807, 2.05) is 36.4 Å². The van der Waals surface area contributed by atoms with E-state index in [0.29, 0.717) is 16.8 Å². The first-order valence-electron chi connectivity index (χ1n) is 18.3. The van der Waals surface area contributed by atoms with E-state index in [0.717, 1.165) is 15.8 Å². The van der Waals surface area contributed by atoms with Crippen molar-refractivity contribution < 1.29 is 11.0 Å². The Balaban J connectivity index is 1.33. The molecule has 0 atom stereocenters. The van der Waals surface area contributed by atoms with Crippen LogP contribution in [-0.4, -0.2) is 0 Å². The van der Waals surface area contributed by atoms with Crippen molar-refractivity contribution in [3.8, 4) is 33.4 Å². The lowest BCUT2D eigenvalue weighted by Gasteiger charge is -2.26. The van der Waals surface area contributed by atoms with Crippen LogP contribution < -0.4 is 4.90 Å². The Bertz CT molecular complexity index is 2490. The SMILES string of the molecule is [2H]c1c([2H])c(N(c2ccc(-c3ccc4c(c3)sc3ccccc34)cc2)c2c([2H])c([2H])c(-c3ccccc3)c([2H])c2[2H])c([2H])c([2H])c1-c1ccccc1. The zero-order chi connectivity index (χ0) is 36.3. The second-order valence-corrected chi connectivity index (χ2v) is 11.5. The standard InChI is InChI=1S/C42H29NS/c1-3-9-30(10-4-1)32-15-22-36(23-16-32)43(37-24-17-33(18-25-37)31-11-5-2-6-12-31)38-26-19-34(20-27-38)35-21-28-40-39-13-7-8-14-41(39)44-42(40)29-35/h1-29H/i15D,16D,17D,18D,22D,23D,24D,25D. The fraction of sp³-hybridized carbons (Fsp3) is 0. The molecule has 0 fully saturated rings. The number of benzene rings is 7. The smallest absolute Gasteiger partial charge is 0.0645 e. The summed E-state index contributed by atoms with van der Waals surface area (Å²) in [6, 6.07) is 36.8. The van der Waals surface area contributed by atoms with Gasteiger partial charge in [0.1, 0.15) is 0 Å². The van der Waals surface area contributed by atoms with Crippen molar-refractivity contribution in [2.24, 2.45) is 0 Å². The lowest BCUT2D eigenvalue weighted by molar-refractivity contribution is 1.28. The van der Waals surface area contributed by atoms with Crippen molar-refractivity contribution >= 4 is 48.6 Å². The largest absolute Gasteiger partial charge is 0.311 e. The van der Waals surface area contributed by atoms with Gasteiger partial charge in [0.2, 0.25) is 0 Å². The quantitative estimate of drug-likeness (QED) is 0.187. The fourth-order valence-corrected chi connectivity index (χ4v) is 6.56. The zero-order valence-electron chi connectivity index (χ0n) is 31.5.